The highest BCUT2D eigenvalue weighted by atomic mass is 35.5. The quantitative estimate of drug-likeness (QED) is 0.284. The molecule has 0 unspecified atom stereocenters. The fourth-order valence-corrected chi connectivity index (χ4v) is 3.12. The molecule has 0 spiro atoms. The van der Waals surface area contributed by atoms with E-state index in [9.17, 15) is 24.5 Å². The fourth-order valence-electron chi connectivity index (χ4n) is 2.91. The van der Waals surface area contributed by atoms with Crippen LogP contribution in [0.3, 0.4) is 0 Å². The first kappa shape index (κ1) is 20.0. The number of benzene rings is 1. The average molecular weight is 439 g/mol. The number of furan rings is 1. The van der Waals surface area contributed by atoms with E-state index in [4.69, 9.17) is 16.0 Å². The van der Waals surface area contributed by atoms with Crippen LogP contribution in [-0.2, 0) is 9.59 Å². The lowest BCUT2D eigenvalue weighted by atomic mass is 10.1. The highest BCUT2D eigenvalue weighted by molar-refractivity contribution is 6.39. The Kier molecular flexibility index (Phi) is 5.05. The van der Waals surface area contributed by atoms with Crippen LogP contribution in [0.15, 0.2) is 64.8 Å². The summed E-state index contributed by atoms with van der Waals surface area (Å²) in [7, 11) is 0. The molecule has 4 amide bonds. The number of hydrogen-bond donors (Lipinski definition) is 1. The molecule has 0 bridgehead atoms. The van der Waals surface area contributed by atoms with Gasteiger partial charge in [-0.25, -0.2) is 9.69 Å². The van der Waals surface area contributed by atoms with Crippen molar-refractivity contribution in [1.29, 1.82) is 0 Å². The van der Waals surface area contributed by atoms with Gasteiger partial charge in [0, 0.05) is 23.9 Å². The number of nitro groups is 1. The number of nitrogens with zero attached hydrogens (tertiary/aromatic N) is 3. The van der Waals surface area contributed by atoms with Crippen LogP contribution in [0.2, 0.25) is 5.02 Å². The van der Waals surface area contributed by atoms with Gasteiger partial charge in [-0.1, -0.05) is 11.6 Å². The van der Waals surface area contributed by atoms with Gasteiger partial charge in [0.2, 0.25) is 0 Å². The number of rotatable bonds is 4. The van der Waals surface area contributed by atoms with E-state index < -0.39 is 22.8 Å². The third-order valence-corrected chi connectivity index (χ3v) is 4.67. The number of carbonyl (C=O) groups excluding carboxylic acids is 3. The maximum absolute atomic E-state index is 12.8. The molecule has 0 atom stereocenters. The second kappa shape index (κ2) is 7.84. The Morgan fingerprint density at radius 3 is 2.68 bits per heavy atom. The van der Waals surface area contributed by atoms with Crippen molar-refractivity contribution < 1.29 is 23.7 Å². The van der Waals surface area contributed by atoms with E-state index in [1.54, 1.807) is 0 Å². The molecule has 31 heavy (non-hydrogen) atoms. The van der Waals surface area contributed by atoms with E-state index in [0.29, 0.717) is 0 Å². The van der Waals surface area contributed by atoms with Crippen LogP contribution in [0, 0.1) is 10.1 Å². The summed E-state index contributed by atoms with van der Waals surface area (Å²) < 4.78 is 5.62. The highest BCUT2D eigenvalue weighted by Crippen LogP contribution is 2.33. The van der Waals surface area contributed by atoms with Gasteiger partial charge in [0.05, 0.1) is 21.8 Å². The normalized spacial score (nSPS) is 15.3. The monoisotopic (exact) mass is 438 g/mol. The Hall–Kier alpha value is -4.31. The van der Waals surface area contributed by atoms with E-state index in [-0.39, 0.29) is 39.1 Å². The van der Waals surface area contributed by atoms with Gasteiger partial charge >= 0.3 is 6.03 Å². The van der Waals surface area contributed by atoms with Crippen molar-refractivity contribution in [2.45, 2.75) is 0 Å². The van der Waals surface area contributed by atoms with E-state index >= 15 is 0 Å². The van der Waals surface area contributed by atoms with Gasteiger partial charge in [-0.3, -0.25) is 30.0 Å². The van der Waals surface area contributed by atoms with Gasteiger partial charge in [-0.2, -0.15) is 0 Å². The smallest absolute Gasteiger partial charge is 0.336 e. The molecule has 3 heterocycles. The minimum absolute atomic E-state index is 0.108. The number of non-ortho nitro benzene ring substituents is 1. The van der Waals surface area contributed by atoms with Gasteiger partial charge < -0.3 is 4.42 Å². The van der Waals surface area contributed by atoms with Crippen LogP contribution < -0.4 is 10.2 Å². The number of barbiturate groups is 1. The minimum Gasteiger partial charge on any atom is -0.457 e. The lowest BCUT2D eigenvalue weighted by Gasteiger charge is -2.25. The SMILES string of the molecule is O=C1NC(=O)N(c2cccnc2)C(=O)/C1=C/c1ccc(-c2cc([N+](=O)[O-])ccc2Cl)o1. The van der Waals surface area contributed by atoms with Crippen molar-refractivity contribution in [2.75, 3.05) is 4.90 Å². The predicted molar refractivity (Wildman–Crippen MR) is 109 cm³/mol. The number of anilines is 1. The summed E-state index contributed by atoms with van der Waals surface area (Å²) >= 11 is 6.12. The van der Waals surface area contributed by atoms with Crippen LogP contribution in [0.25, 0.3) is 17.4 Å². The third kappa shape index (κ3) is 3.79. The van der Waals surface area contributed by atoms with Crippen LogP contribution in [0.4, 0.5) is 16.2 Å². The van der Waals surface area contributed by atoms with Gasteiger partial charge in [-0.05, 0) is 36.4 Å². The van der Waals surface area contributed by atoms with E-state index in [0.717, 1.165) is 4.90 Å². The van der Waals surface area contributed by atoms with Crippen molar-refractivity contribution in [3.63, 3.8) is 0 Å². The van der Waals surface area contributed by atoms with Gasteiger partial charge in [0.1, 0.15) is 17.1 Å². The van der Waals surface area contributed by atoms with E-state index in [1.165, 1.54) is 60.9 Å². The first-order chi connectivity index (χ1) is 14.8. The molecule has 2 aromatic heterocycles. The first-order valence-corrected chi connectivity index (χ1v) is 9.08. The molecule has 3 aromatic rings. The number of halogens is 1. The number of carbonyl (C=O) groups is 3. The maximum atomic E-state index is 12.8. The molecular formula is C20H11ClN4O6. The molecule has 4 rings (SSSR count). The van der Waals surface area contributed by atoms with Gasteiger partial charge in [0.25, 0.3) is 17.5 Å². The van der Waals surface area contributed by atoms with Crippen LogP contribution in [0.1, 0.15) is 5.76 Å². The average Bonchev–Trinajstić information content (AvgIpc) is 3.20. The number of nitrogens with one attached hydrogen (secondary N) is 1. The summed E-state index contributed by atoms with van der Waals surface area (Å²) in [6.07, 6.45) is 3.95. The molecule has 0 aliphatic carbocycles. The summed E-state index contributed by atoms with van der Waals surface area (Å²) in [5, 5.41) is 13.3. The summed E-state index contributed by atoms with van der Waals surface area (Å²) in [5.41, 5.74) is -0.0586. The number of amides is 4. The van der Waals surface area contributed by atoms with Crippen molar-refractivity contribution >= 4 is 46.9 Å². The molecule has 1 N–H and O–H groups in total. The van der Waals surface area contributed by atoms with Crippen LogP contribution in [-0.4, -0.2) is 27.8 Å². The van der Waals surface area contributed by atoms with Crippen LogP contribution in [0.5, 0.6) is 0 Å². The summed E-state index contributed by atoms with van der Waals surface area (Å²) in [6, 6.07) is 8.96. The highest BCUT2D eigenvalue weighted by Gasteiger charge is 2.37. The molecule has 0 radical (unpaired) electrons. The van der Waals surface area contributed by atoms with E-state index in [1.807, 2.05) is 0 Å². The molecular weight excluding hydrogens is 428 g/mol. The molecule has 0 saturated carbocycles. The third-order valence-electron chi connectivity index (χ3n) is 4.35. The largest absolute Gasteiger partial charge is 0.457 e. The number of nitro benzene ring substituents is 1. The Morgan fingerprint density at radius 1 is 1.16 bits per heavy atom. The second-order valence-electron chi connectivity index (χ2n) is 6.29. The molecule has 10 nitrogen and oxygen atoms in total. The topological polar surface area (TPSA) is 136 Å². The summed E-state index contributed by atoms with van der Waals surface area (Å²) in [5.74, 6) is -1.43. The number of urea groups is 1. The maximum Gasteiger partial charge on any atom is 0.336 e. The zero-order valence-electron chi connectivity index (χ0n) is 15.4. The fraction of sp³-hybridized carbons (Fsp3) is 0. The molecule has 1 aliphatic heterocycles. The van der Waals surface area contributed by atoms with Gasteiger partial charge in [-0.15, -0.1) is 0 Å². The van der Waals surface area contributed by atoms with Gasteiger partial charge in [0.15, 0.2) is 0 Å². The van der Waals surface area contributed by atoms with Crippen molar-refractivity contribution in [3.8, 4) is 11.3 Å². The molecule has 11 heteroatoms. The van der Waals surface area contributed by atoms with Crippen molar-refractivity contribution in [3.05, 3.63) is 81.3 Å². The Bertz CT molecular complexity index is 1270. The number of aromatic nitrogens is 1. The zero-order valence-corrected chi connectivity index (χ0v) is 16.2. The lowest BCUT2D eigenvalue weighted by Crippen LogP contribution is -2.54. The van der Waals surface area contributed by atoms with Crippen molar-refractivity contribution in [1.82, 2.24) is 10.3 Å². The second-order valence-corrected chi connectivity index (χ2v) is 6.70. The minimum atomic E-state index is -0.899. The predicted octanol–water partition coefficient (Wildman–Crippen LogP) is 3.57. The summed E-state index contributed by atoms with van der Waals surface area (Å²) in [6.45, 7) is 0. The molecule has 1 aliphatic rings. The van der Waals surface area contributed by atoms with Crippen molar-refractivity contribution in [2.24, 2.45) is 0 Å². The molecule has 1 saturated heterocycles. The van der Waals surface area contributed by atoms with E-state index in [2.05, 4.69) is 10.3 Å². The number of pyridine rings is 1. The zero-order chi connectivity index (χ0) is 22.1. The summed E-state index contributed by atoms with van der Waals surface area (Å²) in [4.78, 5) is 52.3. The Morgan fingerprint density at radius 2 is 1.97 bits per heavy atom. The molecule has 1 fully saturated rings. The number of hydrogen-bond acceptors (Lipinski definition) is 7. The molecule has 1 aromatic carbocycles. The lowest BCUT2D eigenvalue weighted by molar-refractivity contribution is -0.384. The standard InChI is InChI=1S/C20H11ClN4O6/c21-16-5-3-11(25(29)30)8-14(16)17-6-4-13(31-17)9-15-18(26)23-20(28)24(19(15)27)12-2-1-7-22-10-12/h1-10H,(H,23,26,28)/b15-9+. The first-order valence-electron chi connectivity index (χ1n) is 8.71. The molecule has 154 valence electrons. The van der Waals surface area contributed by atoms with Crippen LogP contribution >= 0.6 is 11.6 Å². The number of imide groups is 2. The Balaban J connectivity index is 1.69. The Labute approximate surface area is 178 Å².